The lowest BCUT2D eigenvalue weighted by molar-refractivity contribution is -0.141. The molecule has 0 saturated heterocycles. The average Bonchev–Trinajstić information content (AvgIpc) is 2.38. The van der Waals surface area contributed by atoms with Gasteiger partial charge >= 0.3 is 5.97 Å². The molecule has 0 heterocycles. The lowest BCUT2D eigenvalue weighted by atomic mass is 10.3. The smallest absolute Gasteiger partial charge is 0.311 e. The minimum absolute atomic E-state index is 0.148. The van der Waals surface area contributed by atoms with Gasteiger partial charge in [-0.25, -0.2) is 0 Å². The van der Waals surface area contributed by atoms with Gasteiger partial charge in [-0.3, -0.25) is 10.2 Å². The SMILES string of the molecule is CCOC(=O)CC(C)=NNC(=S)Nc1ccccc1. The molecule has 0 atom stereocenters. The summed E-state index contributed by atoms with van der Waals surface area (Å²) in [5.74, 6) is -0.299. The van der Waals surface area contributed by atoms with E-state index in [-0.39, 0.29) is 12.4 Å². The third-order valence-electron chi connectivity index (χ3n) is 2.09. The molecule has 0 aliphatic rings. The standard InChI is InChI=1S/C13H17N3O2S/c1-3-18-12(17)9-10(2)15-16-13(19)14-11-7-5-4-6-8-11/h4-8H,3,9H2,1-2H3,(H2,14,16,19). The number of anilines is 1. The molecule has 102 valence electrons. The van der Waals surface area contributed by atoms with Crippen LogP contribution in [0.2, 0.25) is 0 Å². The minimum atomic E-state index is -0.299. The van der Waals surface area contributed by atoms with E-state index >= 15 is 0 Å². The summed E-state index contributed by atoms with van der Waals surface area (Å²) in [6.07, 6.45) is 0.148. The average molecular weight is 279 g/mol. The van der Waals surface area contributed by atoms with E-state index in [2.05, 4.69) is 15.8 Å². The van der Waals surface area contributed by atoms with Crippen LogP contribution in [-0.4, -0.2) is 23.4 Å². The molecule has 19 heavy (non-hydrogen) atoms. The van der Waals surface area contributed by atoms with E-state index < -0.39 is 0 Å². The van der Waals surface area contributed by atoms with Crippen molar-refractivity contribution in [3.8, 4) is 0 Å². The Labute approximate surface area is 118 Å². The first-order valence-corrected chi connectivity index (χ1v) is 6.33. The van der Waals surface area contributed by atoms with E-state index in [1.165, 1.54) is 0 Å². The van der Waals surface area contributed by atoms with E-state index in [1.54, 1.807) is 13.8 Å². The van der Waals surface area contributed by atoms with E-state index in [0.29, 0.717) is 17.4 Å². The number of para-hydroxylation sites is 1. The molecule has 1 aromatic rings. The zero-order valence-corrected chi connectivity index (χ0v) is 11.8. The highest BCUT2D eigenvalue weighted by Gasteiger charge is 2.04. The Hall–Kier alpha value is -1.95. The predicted molar refractivity (Wildman–Crippen MR) is 80.2 cm³/mol. The van der Waals surface area contributed by atoms with Crippen LogP contribution in [0.3, 0.4) is 0 Å². The lowest BCUT2D eigenvalue weighted by Gasteiger charge is -2.07. The van der Waals surface area contributed by atoms with Crippen LogP contribution in [0.25, 0.3) is 0 Å². The molecule has 1 aromatic carbocycles. The van der Waals surface area contributed by atoms with Crippen LogP contribution in [0, 0.1) is 0 Å². The predicted octanol–water partition coefficient (Wildman–Crippen LogP) is 2.30. The zero-order valence-electron chi connectivity index (χ0n) is 11.0. The Morgan fingerprint density at radius 2 is 2.05 bits per heavy atom. The molecule has 1 rings (SSSR count). The minimum Gasteiger partial charge on any atom is -0.466 e. The number of benzene rings is 1. The number of rotatable bonds is 5. The number of carbonyl (C=O) groups is 1. The van der Waals surface area contributed by atoms with Crippen LogP contribution < -0.4 is 10.7 Å². The molecular weight excluding hydrogens is 262 g/mol. The van der Waals surface area contributed by atoms with Gasteiger partial charge in [0.05, 0.1) is 13.0 Å². The van der Waals surface area contributed by atoms with Crippen LogP contribution in [0.1, 0.15) is 20.3 Å². The maximum absolute atomic E-state index is 11.2. The fourth-order valence-corrected chi connectivity index (χ4v) is 1.45. The highest BCUT2D eigenvalue weighted by molar-refractivity contribution is 7.80. The van der Waals surface area contributed by atoms with Gasteiger partial charge in [0.15, 0.2) is 5.11 Å². The lowest BCUT2D eigenvalue weighted by Crippen LogP contribution is -2.25. The maximum Gasteiger partial charge on any atom is 0.311 e. The molecule has 5 nitrogen and oxygen atoms in total. The zero-order chi connectivity index (χ0) is 14.1. The van der Waals surface area contributed by atoms with Gasteiger partial charge in [-0.05, 0) is 38.2 Å². The van der Waals surface area contributed by atoms with Crippen LogP contribution in [0.5, 0.6) is 0 Å². The fraction of sp³-hybridized carbons (Fsp3) is 0.308. The summed E-state index contributed by atoms with van der Waals surface area (Å²) in [5, 5.41) is 7.35. The van der Waals surface area contributed by atoms with Gasteiger partial charge < -0.3 is 10.1 Å². The Morgan fingerprint density at radius 1 is 1.37 bits per heavy atom. The summed E-state index contributed by atoms with van der Waals surface area (Å²) in [6.45, 7) is 3.87. The van der Waals surface area contributed by atoms with Crippen LogP contribution in [0.15, 0.2) is 35.4 Å². The van der Waals surface area contributed by atoms with Gasteiger partial charge in [0.25, 0.3) is 0 Å². The molecule has 0 amide bonds. The summed E-state index contributed by atoms with van der Waals surface area (Å²) in [6, 6.07) is 9.51. The molecule has 2 N–H and O–H groups in total. The van der Waals surface area contributed by atoms with Gasteiger partial charge in [-0.1, -0.05) is 18.2 Å². The second-order valence-corrected chi connectivity index (χ2v) is 4.17. The number of hydrazone groups is 1. The van der Waals surface area contributed by atoms with Crippen molar-refractivity contribution in [1.29, 1.82) is 0 Å². The van der Waals surface area contributed by atoms with Gasteiger partial charge in [0.1, 0.15) is 0 Å². The number of esters is 1. The van der Waals surface area contributed by atoms with E-state index in [9.17, 15) is 4.79 Å². The number of carbonyl (C=O) groups excluding carboxylic acids is 1. The van der Waals surface area contributed by atoms with Crippen molar-refractivity contribution >= 4 is 34.7 Å². The molecule has 0 saturated carbocycles. The Bertz CT molecular complexity index is 460. The summed E-state index contributed by atoms with van der Waals surface area (Å²) in [5.41, 5.74) is 4.16. The molecule has 0 radical (unpaired) electrons. The molecule has 0 aliphatic carbocycles. The summed E-state index contributed by atoms with van der Waals surface area (Å²) < 4.78 is 4.82. The maximum atomic E-state index is 11.2. The number of nitrogens with one attached hydrogen (secondary N) is 2. The summed E-state index contributed by atoms with van der Waals surface area (Å²) in [4.78, 5) is 11.2. The number of hydrogen-bond donors (Lipinski definition) is 2. The van der Waals surface area contributed by atoms with Gasteiger partial charge in [0.2, 0.25) is 0 Å². The van der Waals surface area contributed by atoms with Gasteiger partial charge in [-0.2, -0.15) is 5.10 Å². The van der Waals surface area contributed by atoms with Crippen LogP contribution in [0.4, 0.5) is 5.69 Å². The van der Waals surface area contributed by atoms with E-state index in [0.717, 1.165) is 5.69 Å². The van der Waals surface area contributed by atoms with Crippen molar-refractivity contribution in [3.63, 3.8) is 0 Å². The van der Waals surface area contributed by atoms with Crippen molar-refractivity contribution in [3.05, 3.63) is 30.3 Å². The molecule has 0 spiro atoms. The molecule has 0 bridgehead atoms. The van der Waals surface area contributed by atoms with Crippen molar-refractivity contribution in [2.75, 3.05) is 11.9 Å². The van der Waals surface area contributed by atoms with Gasteiger partial charge in [-0.15, -0.1) is 0 Å². The first kappa shape index (κ1) is 15.1. The summed E-state index contributed by atoms with van der Waals surface area (Å²) in [7, 11) is 0. The summed E-state index contributed by atoms with van der Waals surface area (Å²) >= 11 is 5.07. The number of hydrogen-bond acceptors (Lipinski definition) is 4. The Morgan fingerprint density at radius 3 is 2.68 bits per heavy atom. The van der Waals surface area contributed by atoms with Crippen LogP contribution >= 0.6 is 12.2 Å². The topological polar surface area (TPSA) is 62.7 Å². The quantitative estimate of drug-likeness (QED) is 0.375. The Balaban J connectivity index is 2.38. The Kier molecular flexibility index (Phi) is 6.52. The number of thiocarbonyl (C=S) groups is 1. The fourth-order valence-electron chi connectivity index (χ4n) is 1.29. The number of nitrogens with zero attached hydrogens (tertiary/aromatic N) is 1. The third-order valence-corrected chi connectivity index (χ3v) is 2.28. The monoisotopic (exact) mass is 279 g/mol. The van der Waals surface area contributed by atoms with E-state index in [4.69, 9.17) is 17.0 Å². The molecule has 0 unspecified atom stereocenters. The molecule has 0 fully saturated rings. The highest BCUT2D eigenvalue weighted by atomic mass is 32.1. The van der Waals surface area contributed by atoms with Crippen molar-refractivity contribution in [1.82, 2.24) is 5.43 Å². The van der Waals surface area contributed by atoms with Crippen molar-refractivity contribution in [2.24, 2.45) is 5.10 Å². The highest BCUT2D eigenvalue weighted by Crippen LogP contribution is 2.04. The molecular formula is C13H17N3O2S. The van der Waals surface area contributed by atoms with Crippen LogP contribution in [-0.2, 0) is 9.53 Å². The molecule has 6 heteroatoms. The second-order valence-electron chi connectivity index (χ2n) is 3.76. The first-order valence-electron chi connectivity index (χ1n) is 5.92. The number of ether oxygens (including phenoxy) is 1. The largest absolute Gasteiger partial charge is 0.466 e. The van der Waals surface area contributed by atoms with Crippen molar-refractivity contribution in [2.45, 2.75) is 20.3 Å². The first-order chi connectivity index (χ1) is 9.11. The van der Waals surface area contributed by atoms with E-state index in [1.807, 2.05) is 30.3 Å². The van der Waals surface area contributed by atoms with Crippen molar-refractivity contribution < 1.29 is 9.53 Å². The van der Waals surface area contributed by atoms with Gasteiger partial charge in [0, 0.05) is 11.4 Å². The molecule has 0 aliphatic heterocycles. The third kappa shape index (κ3) is 6.52. The molecule has 0 aromatic heterocycles. The second kappa shape index (κ2) is 8.20. The normalized spacial score (nSPS) is 10.7.